The quantitative estimate of drug-likeness (QED) is 0.481. The first-order valence-corrected chi connectivity index (χ1v) is 7.17. The normalized spacial score (nSPS) is 19.8. The molecular formula is C12H18N4O3S. The molecule has 20 heavy (non-hydrogen) atoms. The number of nitro benzene ring substituents is 1. The monoisotopic (exact) mass is 298 g/mol. The fraction of sp³-hybridized carbons (Fsp3) is 0.500. The number of nitrogens with two attached hydrogens (primary N) is 1. The van der Waals surface area contributed by atoms with E-state index >= 15 is 0 Å². The summed E-state index contributed by atoms with van der Waals surface area (Å²) in [6, 6.07) is 4.91. The molecule has 0 aliphatic carbocycles. The number of anilines is 1. The van der Waals surface area contributed by atoms with Crippen molar-refractivity contribution in [2.75, 3.05) is 38.6 Å². The molecule has 1 aliphatic heterocycles. The minimum absolute atomic E-state index is 0.0321. The smallest absolute Gasteiger partial charge is 0.293 e. The van der Waals surface area contributed by atoms with Crippen LogP contribution in [0.5, 0.6) is 0 Å². The third-order valence-corrected chi connectivity index (χ3v) is 3.69. The van der Waals surface area contributed by atoms with Crippen LogP contribution in [-0.2, 0) is 4.74 Å². The van der Waals surface area contributed by atoms with Crippen molar-refractivity contribution in [2.45, 2.75) is 11.0 Å². The predicted molar refractivity (Wildman–Crippen MR) is 78.9 cm³/mol. The molecule has 0 radical (unpaired) electrons. The maximum Gasteiger partial charge on any atom is 0.293 e. The maximum absolute atomic E-state index is 11.1. The number of likely N-dealkylation sites (N-methyl/N-ethyl adjacent to an activating group) is 1. The minimum atomic E-state index is -0.407. The van der Waals surface area contributed by atoms with Gasteiger partial charge in [-0.05, 0) is 31.1 Å². The van der Waals surface area contributed by atoms with E-state index < -0.39 is 4.92 Å². The van der Waals surface area contributed by atoms with Crippen LogP contribution < -0.4 is 10.5 Å². The van der Waals surface area contributed by atoms with Gasteiger partial charge in [-0.2, -0.15) is 0 Å². The summed E-state index contributed by atoms with van der Waals surface area (Å²) < 4.78 is 5.62. The molecule has 2 rings (SSSR count). The number of hydrogen-bond donors (Lipinski definition) is 2. The summed E-state index contributed by atoms with van der Waals surface area (Å²) >= 11 is 0.992. The Balaban J connectivity index is 2.03. The molecule has 0 aromatic heterocycles. The molecule has 1 atom stereocenters. The third kappa shape index (κ3) is 3.83. The molecule has 1 aromatic carbocycles. The molecule has 8 heteroatoms. The fourth-order valence-electron chi connectivity index (χ4n) is 2.10. The molecule has 1 fully saturated rings. The lowest BCUT2D eigenvalue weighted by molar-refractivity contribution is -0.384. The van der Waals surface area contributed by atoms with Crippen LogP contribution in [0.3, 0.4) is 0 Å². The van der Waals surface area contributed by atoms with E-state index in [4.69, 9.17) is 9.88 Å². The number of nitro groups is 1. The topological polar surface area (TPSA) is 93.7 Å². The van der Waals surface area contributed by atoms with Crippen molar-refractivity contribution in [1.82, 2.24) is 4.90 Å². The molecule has 110 valence electrons. The Bertz CT molecular complexity index is 486. The molecule has 7 nitrogen and oxygen atoms in total. The molecule has 0 amide bonds. The van der Waals surface area contributed by atoms with E-state index in [0.717, 1.165) is 25.0 Å². The molecule has 1 heterocycles. The second kappa shape index (κ2) is 6.89. The number of nitrogens with one attached hydrogen (secondary N) is 1. The Labute approximate surface area is 121 Å². The van der Waals surface area contributed by atoms with Gasteiger partial charge in [0.05, 0.1) is 17.6 Å². The molecule has 1 saturated heterocycles. The second-order valence-electron chi connectivity index (χ2n) is 4.69. The fourth-order valence-corrected chi connectivity index (χ4v) is 2.43. The molecule has 3 N–H and O–H groups in total. The number of rotatable bonds is 5. The van der Waals surface area contributed by atoms with Gasteiger partial charge >= 0.3 is 0 Å². The molecule has 0 saturated carbocycles. The molecule has 1 aromatic rings. The number of morpholine rings is 1. The second-order valence-corrected chi connectivity index (χ2v) is 5.40. The summed E-state index contributed by atoms with van der Waals surface area (Å²) in [6.45, 7) is 2.96. The summed E-state index contributed by atoms with van der Waals surface area (Å²) in [5, 5.41) is 19.6. The van der Waals surface area contributed by atoms with Gasteiger partial charge in [0.2, 0.25) is 0 Å². The van der Waals surface area contributed by atoms with Gasteiger partial charge in [-0.15, -0.1) is 0 Å². The van der Waals surface area contributed by atoms with Crippen LogP contribution in [0.2, 0.25) is 0 Å². The van der Waals surface area contributed by atoms with E-state index in [1.54, 1.807) is 12.1 Å². The highest BCUT2D eigenvalue weighted by atomic mass is 32.2. The number of ether oxygens (including phenoxy) is 1. The number of nitrogens with zero attached hydrogens (tertiary/aromatic N) is 2. The standard InChI is InChI=1S/C12H18N4O3S/c1-15-4-5-19-9(8-15)7-14-11-3-2-10(20-13)6-12(11)16(17)18/h2-3,6,9,14H,4-5,7-8,13H2,1H3. The highest BCUT2D eigenvalue weighted by Crippen LogP contribution is 2.28. The first-order chi connectivity index (χ1) is 9.60. The van der Waals surface area contributed by atoms with Gasteiger partial charge in [-0.25, -0.2) is 0 Å². The van der Waals surface area contributed by atoms with Crippen molar-refractivity contribution in [3.8, 4) is 0 Å². The van der Waals surface area contributed by atoms with Gasteiger partial charge in [0.1, 0.15) is 5.69 Å². The number of hydrogen-bond acceptors (Lipinski definition) is 7. The van der Waals surface area contributed by atoms with Crippen LogP contribution in [0, 0.1) is 10.1 Å². The van der Waals surface area contributed by atoms with Gasteiger partial charge in [-0.1, -0.05) is 0 Å². The van der Waals surface area contributed by atoms with Crippen LogP contribution in [0.4, 0.5) is 11.4 Å². The average molecular weight is 298 g/mol. The molecule has 0 bridgehead atoms. The lowest BCUT2D eigenvalue weighted by atomic mass is 10.2. The van der Waals surface area contributed by atoms with Gasteiger partial charge in [0, 0.05) is 30.6 Å². The Hall–Kier alpha value is -1.35. The zero-order valence-corrected chi connectivity index (χ0v) is 12.1. The lowest BCUT2D eigenvalue weighted by Crippen LogP contribution is -2.43. The van der Waals surface area contributed by atoms with Crippen molar-refractivity contribution < 1.29 is 9.66 Å². The first kappa shape index (κ1) is 15.0. The summed E-state index contributed by atoms with van der Waals surface area (Å²) in [6.07, 6.45) is 0.0388. The van der Waals surface area contributed by atoms with Crippen LogP contribution in [0.15, 0.2) is 23.1 Å². The van der Waals surface area contributed by atoms with Gasteiger partial charge < -0.3 is 15.0 Å². The van der Waals surface area contributed by atoms with E-state index in [1.165, 1.54) is 6.07 Å². The molecule has 1 unspecified atom stereocenters. The van der Waals surface area contributed by atoms with E-state index in [-0.39, 0.29) is 11.8 Å². The van der Waals surface area contributed by atoms with Crippen LogP contribution in [0.25, 0.3) is 0 Å². The number of benzene rings is 1. The Kier molecular flexibility index (Phi) is 5.18. The van der Waals surface area contributed by atoms with E-state index in [1.807, 2.05) is 7.05 Å². The zero-order chi connectivity index (χ0) is 14.5. The largest absolute Gasteiger partial charge is 0.377 e. The van der Waals surface area contributed by atoms with Crippen molar-refractivity contribution in [2.24, 2.45) is 5.14 Å². The van der Waals surface area contributed by atoms with Crippen LogP contribution >= 0.6 is 11.9 Å². The van der Waals surface area contributed by atoms with E-state index in [0.29, 0.717) is 23.7 Å². The third-order valence-electron chi connectivity index (χ3n) is 3.16. The Morgan fingerprint density at radius 1 is 1.65 bits per heavy atom. The van der Waals surface area contributed by atoms with Crippen LogP contribution in [-0.4, -0.2) is 49.2 Å². The Morgan fingerprint density at radius 2 is 2.45 bits per heavy atom. The van der Waals surface area contributed by atoms with Gasteiger partial charge in [0.25, 0.3) is 5.69 Å². The van der Waals surface area contributed by atoms with Crippen molar-refractivity contribution >= 4 is 23.3 Å². The summed E-state index contributed by atoms with van der Waals surface area (Å²) in [4.78, 5) is 13.5. The highest BCUT2D eigenvalue weighted by molar-refractivity contribution is 7.97. The molecule has 1 aliphatic rings. The average Bonchev–Trinajstić information content (AvgIpc) is 2.45. The van der Waals surface area contributed by atoms with Crippen molar-refractivity contribution in [3.63, 3.8) is 0 Å². The summed E-state index contributed by atoms with van der Waals surface area (Å²) in [5.74, 6) is 0. The zero-order valence-electron chi connectivity index (χ0n) is 11.2. The van der Waals surface area contributed by atoms with Crippen LogP contribution in [0.1, 0.15) is 0 Å². The Morgan fingerprint density at radius 3 is 3.10 bits per heavy atom. The minimum Gasteiger partial charge on any atom is -0.377 e. The first-order valence-electron chi connectivity index (χ1n) is 6.29. The molecular weight excluding hydrogens is 280 g/mol. The maximum atomic E-state index is 11.1. The SMILES string of the molecule is CN1CCOC(CNc2ccc(SN)cc2[N+](=O)[O-])C1. The van der Waals surface area contributed by atoms with Gasteiger partial charge in [-0.3, -0.25) is 15.3 Å². The predicted octanol–water partition coefficient (Wildman–Crippen LogP) is 1.30. The van der Waals surface area contributed by atoms with E-state index in [2.05, 4.69) is 10.2 Å². The van der Waals surface area contributed by atoms with E-state index in [9.17, 15) is 10.1 Å². The summed E-state index contributed by atoms with van der Waals surface area (Å²) in [7, 11) is 2.03. The van der Waals surface area contributed by atoms with Crippen molar-refractivity contribution in [1.29, 1.82) is 0 Å². The lowest BCUT2D eigenvalue weighted by Gasteiger charge is -2.30. The molecule has 0 spiro atoms. The highest BCUT2D eigenvalue weighted by Gasteiger charge is 2.20. The summed E-state index contributed by atoms with van der Waals surface area (Å²) in [5.41, 5.74) is 0.522. The van der Waals surface area contributed by atoms with Crippen molar-refractivity contribution in [3.05, 3.63) is 28.3 Å². The van der Waals surface area contributed by atoms with Gasteiger partial charge in [0.15, 0.2) is 0 Å².